The standard InChI is InChI=1S/C13H21BO3S/c1-12(2)13(3,4)17-14(16-12)11-5-9-7-18(15)8-10(9)6-11/h5,9-10H,6-8H2,1-4H3. The number of allylic oxidation sites excluding steroid dienone is 2. The molecule has 3 atom stereocenters. The maximum Gasteiger partial charge on any atom is 0.490 e. The maximum absolute atomic E-state index is 11.5. The van der Waals surface area contributed by atoms with E-state index in [4.69, 9.17) is 9.31 Å². The van der Waals surface area contributed by atoms with Crippen molar-refractivity contribution < 1.29 is 13.5 Å². The van der Waals surface area contributed by atoms with Gasteiger partial charge in [0.1, 0.15) is 0 Å². The van der Waals surface area contributed by atoms with Gasteiger partial charge in [0, 0.05) is 22.3 Å². The molecule has 0 saturated carbocycles. The minimum absolute atomic E-state index is 0.200. The van der Waals surface area contributed by atoms with Gasteiger partial charge in [0.05, 0.1) is 11.2 Å². The Labute approximate surface area is 112 Å². The topological polar surface area (TPSA) is 35.5 Å². The van der Waals surface area contributed by atoms with Crippen LogP contribution in [0.15, 0.2) is 11.5 Å². The van der Waals surface area contributed by atoms with Gasteiger partial charge in [0.25, 0.3) is 0 Å². The van der Waals surface area contributed by atoms with Crippen LogP contribution in [0.2, 0.25) is 0 Å². The third-order valence-electron chi connectivity index (χ3n) is 4.87. The normalized spacial score (nSPS) is 41.0. The van der Waals surface area contributed by atoms with Gasteiger partial charge in [0.15, 0.2) is 0 Å². The third kappa shape index (κ3) is 1.91. The minimum atomic E-state index is -0.605. The van der Waals surface area contributed by atoms with E-state index in [0.29, 0.717) is 11.8 Å². The molecule has 2 saturated heterocycles. The zero-order valence-corrected chi connectivity index (χ0v) is 12.4. The summed E-state index contributed by atoms with van der Waals surface area (Å²) in [4.78, 5) is 0. The molecule has 3 rings (SSSR count). The average Bonchev–Trinajstić information content (AvgIpc) is 2.77. The molecule has 0 bridgehead atoms. The van der Waals surface area contributed by atoms with Crippen molar-refractivity contribution in [2.75, 3.05) is 11.5 Å². The summed E-state index contributed by atoms with van der Waals surface area (Å²) in [6.07, 6.45) is 3.25. The highest BCUT2D eigenvalue weighted by atomic mass is 32.2. The Kier molecular flexibility index (Phi) is 2.82. The zero-order valence-electron chi connectivity index (χ0n) is 11.6. The minimum Gasteiger partial charge on any atom is -0.400 e. The Morgan fingerprint density at radius 1 is 1.22 bits per heavy atom. The van der Waals surface area contributed by atoms with E-state index >= 15 is 0 Å². The van der Waals surface area contributed by atoms with Crippen molar-refractivity contribution in [1.82, 2.24) is 0 Å². The Hall–Kier alpha value is -0.125. The number of hydrogen-bond donors (Lipinski definition) is 0. The van der Waals surface area contributed by atoms with Gasteiger partial charge >= 0.3 is 7.12 Å². The monoisotopic (exact) mass is 268 g/mol. The van der Waals surface area contributed by atoms with E-state index in [1.807, 2.05) is 0 Å². The second-order valence-corrected chi connectivity index (χ2v) is 8.28. The lowest BCUT2D eigenvalue weighted by Crippen LogP contribution is -2.41. The molecule has 100 valence electrons. The molecule has 3 aliphatic rings. The van der Waals surface area contributed by atoms with Crippen LogP contribution in [-0.4, -0.2) is 34.0 Å². The highest BCUT2D eigenvalue weighted by Gasteiger charge is 2.54. The molecule has 0 amide bonds. The van der Waals surface area contributed by atoms with Crippen LogP contribution in [0.3, 0.4) is 0 Å². The van der Waals surface area contributed by atoms with Crippen molar-refractivity contribution in [3.63, 3.8) is 0 Å². The lowest BCUT2D eigenvalue weighted by atomic mass is 9.77. The van der Waals surface area contributed by atoms with Crippen LogP contribution < -0.4 is 0 Å². The SMILES string of the molecule is CC1(C)OB(C2=CC3CS(=O)CC3C2)OC1(C)C. The first-order valence-electron chi connectivity index (χ1n) is 6.70. The predicted octanol–water partition coefficient (Wildman–Crippen LogP) is 1.94. The quantitative estimate of drug-likeness (QED) is 0.682. The molecule has 0 aromatic carbocycles. The first kappa shape index (κ1) is 12.9. The second kappa shape index (κ2) is 3.93. The van der Waals surface area contributed by atoms with Crippen molar-refractivity contribution in [2.45, 2.75) is 45.3 Å². The van der Waals surface area contributed by atoms with E-state index in [-0.39, 0.29) is 18.3 Å². The fourth-order valence-corrected chi connectivity index (χ4v) is 4.77. The fraction of sp³-hybridized carbons (Fsp3) is 0.846. The Morgan fingerprint density at radius 3 is 2.39 bits per heavy atom. The summed E-state index contributed by atoms with van der Waals surface area (Å²) >= 11 is 0. The third-order valence-corrected chi connectivity index (χ3v) is 6.42. The molecule has 2 fully saturated rings. The molecule has 2 aliphatic heterocycles. The van der Waals surface area contributed by atoms with Crippen molar-refractivity contribution in [3.05, 3.63) is 11.5 Å². The summed E-state index contributed by atoms with van der Waals surface area (Å²) in [6.45, 7) is 8.33. The smallest absolute Gasteiger partial charge is 0.400 e. The van der Waals surface area contributed by atoms with Gasteiger partial charge in [-0.25, -0.2) is 0 Å². The van der Waals surface area contributed by atoms with Crippen molar-refractivity contribution >= 4 is 17.9 Å². The highest BCUT2D eigenvalue weighted by molar-refractivity contribution is 7.85. The predicted molar refractivity (Wildman–Crippen MR) is 73.6 cm³/mol. The van der Waals surface area contributed by atoms with Crippen molar-refractivity contribution in [2.24, 2.45) is 11.8 Å². The maximum atomic E-state index is 11.5. The molecule has 3 unspecified atom stereocenters. The van der Waals surface area contributed by atoms with Gasteiger partial charge in [0.2, 0.25) is 0 Å². The molecule has 2 heterocycles. The van der Waals surface area contributed by atoms with Crippen LogP contribution in [0.5, 0.6) is 0 Å². The van der Waals surface area contributed by atoms with Crippen LogP contribution in [0.1, 0.15) is 34.1 Å². The average molecular weight is 268 g/mol. The summed E-state index contributed by atoms with van der Waals surface area (Å²) in [5, 5.41) is 0. The Morgan fingerprint density at radius 2 is 1.83 bits per heavy atom. The lowest BCUT2D eigenvalue weighted by Gasteiger charge is -2.32. The Balaban J connectivity index is 1.76. The molecule has 3 nitrogen and oxygen atoms in total. The van der Waals surface area contributed by atoms with Crippen LogP contribution >= 0.6 is 0 Å². The number of hydrogen-bond acceptors (Lipinski definition) is 3. The van der Waals surface area contributed by atoms with Gasteiger partial charge < -0.3 is 9.31 Å². The molecule has 18 heavy (non-hydrogen) atoms. The highest BCUT2D eigenvalue weighted by Crippen LogP contribution is 2.44. The summed E-state index contributed by atoms with van der Waals surface area (Å²) in [7, 11) is -0.805. The molecule has 0 aromatic heterocycles. The Bertz CT molecular complexity index is 414. The van der Waals surface area contributed by atoms with Crippen molar-refractivity contribution in [1.29, 1.82) is 0 Å². The van der Waals surface area contributed by atoms with E-state index in [1.165, 1.54) is 5.47 Å². The molecule has 0 radical (unpaired) electrons. The van der Waals surface area contributed by atoms with Gasteiger partial charge in [-0.05, 0) is 51.4 Å². The van der Waals surface area contributed by atoms with Crippen LogP contribution in [-0.2, 0) is 20.1 Å². The van der Waals surface area contributed by atoms with Gasteiger partial charge in [-0.15, -0.1) is 0 Å². The summed E-state index contributed by atoms with van der Waals surface area (Å²) in [6, 6.07) is 0. The number of fused-ring (bicyclic) bond motifs is 1. The van der Waals surface area contributed by atoms with Crippen LogP contribution in [0.25, 0.3) is 0 Å². The van der Waals surface area contributed by atoms with Crippen LogP contribution in [0.4, 0.5) is 0 Å². The van der Waals surface area contributed by atoms with E-state index in [1.54, 1.807) is 0 Å². The van der Waals surface area contributed by atoms with Crippen LogP contribution in [0, 0.1) is 11.8 Å². The first-order chi connectivity index (χ1) is 8.28. The molecule has 0 spiro atoms. The second-order valence-electron chi connectivity index (χ2n) is 6.73. The first-order valence-corrected chi connectivity index (χ1v) is 8.18. The van der Waals surface area contributed by atoms with E-state index in [0.717, 1.165) is 17.9 Å². The molecular weight excluding hydrogens is 247 g/mol. The van der Waals surface area contributed by atoms with E-state index in [9.17, 15) is 4.21 Å². The van der Waals surface area contributed by atoms with E-state index < -0.39 is 10.8 Å². The number of rotatable bonds is 1. The summed E-state index contributed by atoms with van der Waals surface area (Å²) in [5.74, 6) is 2.72. The van der Waals surface area contributed by atoms with Gasteiger partial charge in [-0.3, -0.25) is 4.21 Å². The summed E-state index contributed by atoms with van der Waals surface area (Å²) in [5.41, 5.74) is 0.735. The molecule has 0 N–H and O–H groups in total. The van der Waals surface area contributed by atoms with E-state index in [2.05, 4.69) is 33.8 Å². The lowest BCUT2D eigenvalue weighted by molar-refractivity contribution is 0.00578. The van der Waals surface area contributed by atoms with Gasteiger partial charge in [-0.1, -0.05) is 6.08 Å². The largest absolute Gasteiger partial charge is 0.490 e. The van der Waals surface area contributed by atoms with Gasteiger partial charge in [-0.2, -0.15) is 0 Å². The molecule has 0 aromatic rings. The molecule has 5 heteroatoms. The molecular formula is C13H21BO3S. The summed E-state index contributed by atoms with van der Waals surface area (Å²) < 4.78 is 23.7. The van der Waals surface area contributed by atoms with Crippen molar-refractivity contribution in [3.8, 4) is 0 Å². The zero-order chi connectivity index (χ0) is 13.1. The molecule has 1 aliphatic carbocycles. The fourth-order valence-electron chi connectivity index (χ4n) is 2.99.